The van der Waals surface area contributed by atoms with E-state index in [9.17, 15) is 18.4 Å². The van der Waals surface area contributed by atoms with Crippen LogP contribution in [0, 0.1) is 0 Å². The van der Waals surface area contributed by atoms with Crippen molar-refractivity contribution in [3.63, 3.8) is 0 Å². The zero-order valence-corrected chi connectivity index (χ0v) is 17.0. The van der Waals surface area contributed by atoms with Crippen molar-refractivity contribution in [3.8, 4) is 0 Å². The van der Waals surface area contributed by atoms with E-state index in [2.05, 4.69) is 10.4 Å². The van der Waals surface area contributed by atoms with Crippen LogP contribution in [0.25, 0.3) is 10.8 Å². The number of hydrogen-bond donors (Lipinski definition) is 1. The van der Waals surface area contributed by atoms with Crippen molar-refractivity contribution < 1.29 is 13.6 Å². The second-order valence-corrected chi connectivity index (χ2v) is 7.76. The fourth-order valence-electron chi connectivity index (χ4n) is 3.18. The fraction of sp³-hybridized carbons (Fsp3) is 0.0870. The third kappa shape index (κ3) is 4.80. The summed E-state index contributed by atoms with van der Waals surface area (Å²) in [5.74, 6) is -3.01. The average Bonchev–Trinajstić information content (AvgIpc) is 2.77. The molecule has 1 heterocycles. The first kappa shape index (κ1) is 20.7. The van der Waals surface area contributed by atoms with Crippen LogP contribution in [0.1, 0.15) is 16.1 Å². The molecular weight excluding hydrogens is 420 g/mol. The number of anilines is 1. The molecule has 0 radical (unpaired) electrons. The molecule has 0 saturated heterocycles. The second kappa shape index (κ2) is 9.09. The monoisotopic (exact) mass is 437 g/mol. The van der Waals surface area contributed by atoms with Gasteiger partial charge in [-0.2, -0.15) is 13.9 Å². The van der Waals surface area contributed by atoms with Crippen LogP contribution in [0.3, 0.4) is 0 Å². The van der Waals surface area contributed by atoms with Gasteiger partial charge in [-0.3, -0.25) is 9.59 Å². The molecule has 8 heteroatoms. The van der Waals surface area contributed by atoms with Gasteiger partial charge in [-0.05, 0) is 35.9 Å². The Balaban J connectivity index is 1.68. The van der Waals surface area contributed by atoms with Crippen molar-refractivity contribution in [3.05, 3.63) is 100 Å². The van der Waals surface area contributed by atoms with Crippen molar-refractivity contribution in [1.29, 1.82) is 0 Å². The molecule has 0 atom stereocenters. The molecule has 0 spiro atoms. The number of carbonyl (C=O) groups is 1. The van der Waals surface area contributed by atoms with Crippen LogP contribution < -0.4 is 10.9 Å². The van der Waals surface area contributed by atoms with Gasteiger partial charge in [0.1, 0.15) is 0 Å². The summed E-state index contributed by atoms with van der Waals surface area (Å²) in [5.41, 5.74) is 1.14. The molecular formula is C23H17F2N3O2S. The Morgan fingerprint density at radius 1 is 0.935 bits per heavy atom. The minimum Gasteiger partial charge on any atom is -0.321 e. The summed E-state index contributed by atoms with van der Waals surface area (Å²) in [6.07, 6.45) is 0. The van der Waals surface area contributed by atoms with Crippen molar-refractivity contribution in [2.24, 2.45) is 0 Å². The van der Waals surface area contributed by atoms with E-state index in [0.717, 1.165) is 5.56 Å². The molecule has 1 N–H and O–H groups in total. The molecule has 0 aliphatic heterocycles. The molecule has 156 valence electrons. The van der Waals surface area contributed by atoms with Crippen LogP contribution in [-0.2, 0) is 6.54 Å². The number of hydrogen-bond acceptors (Lipinski definition) is 4. The van der Waals surface area contributed by atoms with E-state index in [1.807, 2.05) is 30.3 Å². The molecule has 1 aromatic heterocycles. The third-order valence-electron chi connectivity index (χ3n) is 4.60. The Labute approximate surface area is 180 Å². The fourth-order valence-corrected chi connectivity index (χ4v) is 3.68. The number of halogens is 2. The predicted octanol–water partition coefficient (Wildman–Crippen LogP) is 5.01. The van der Waals surface area contributed by atoms with Gasteiger partial charge in [-0.15, -0.1) is 0 Å². The number of benzene rings is 3. The molecule has 0 saturated carbocycles. The number of nitrogens with zero attached hydrogens (tertiary/aromatic N) is 2. The van der Waals surface area contributed by atoms with E-state index in [-0.39, 0.29) is 17.8 Å². The standard InChI is InChI=1S/C23H17F2N3O2S/c24-23(25)31-17-12-10-16(11-13-17)26-21(29)20-18-8-4-5-9-19(18)22(30)28(27-20)14-15-6-2-1-3-7-15/h1-13,23H,14H2,(H,26,29). The van der Waals surface area contributed by atoms with Crippen LogP contribution >= 0.6 is 11.8 Å². The summed E-state index contributed by atoms with van der Waals surface area (Å²) < 4.78 is 26.2. The Kier molecular flexibility index (Phi) is 6.08. The highest BCUT2D eigenvalue weighted by Crippen LogP contribution is 2.26. The topological polar surface area (TPSA) is 64.0 Å². The molecule has 4 rings (SSSR count). The highest BCUT2D eigenvalue weighted by atomic mass is 32.2. The first-order valence-electron chi connectivity index (χ1n) is 9.41. The average molecular weight is 437 g/mol. The Hall–Kier alpha value is -3.52. The van der Waals surface area contributed by atoms with E-state index in [0.29, 0.717) is 33.1 Å². The summed E-state index contributed by atoms with van der Waals surface area (Å²) in [7, 11) is 0. The quantitative estimate of drug-likeness (QED) is 0.431. The second-order valence-electron chi connectivity index (χ2n) is 6.70. The van der Waals surface area contributed by atoms with Crippen molar-refractivity contribution >= 4 is 34.1 Å². The summed E-state index contributed by atoms with van der Waals surface area (Å²) in [5, 5.41) is 7.90. The van der Waals surface area contributed by atoms with Gasteiger partial charge in [0, 0.05) is 16.0 Å². The van der Waals surface area contributed by atoms with Gasteiger partial charge < -0.3 is 5.32 Å². The van der Waals surface area contributed by atoms with Crippen LogP contribution in [0.15, 0.2) is 88.6 Å². The Bertz CT molecular complexity index is 1280. The largest absolute Gasteiger partial charge is 0.321 e. The number of fused-ring (bicyclic) bond motifs is 1. The molecule has 4 aromatic rings. The molecule has 3 aromatic carbocycles. The predicted molar refractivity (Wildman–Crippen MR) is 118 cm³/mol. The molecule has 0 fully saturated rings. The van der Waals surface area contributed by atoms with E-state index in [1.54, 1.807) is 36.4 Å². The summed E-state index contributed by atoms with van der Waals surface area (Å²) in [6, 6.07) is 22.3. The summed E-state index contributed by atoms with van der Waals surface area (Å²) in [4.78, 5) is 26.3. The van der Waals surface area contributed by atoms with Crippen molar-refractivity contribution in [1.82, 2.24) is 9.78 Å². The lowest BCUT2D eigenvalue weighted by molar-refractivity contribution is 0.102. The molecule has 0 unspecified atom stereocenters. The Morgan fingerprint density at radius 3 is 2.26 bits per heavy atom. The number of nitrogens with one attached hydrogen (secondary N) is 1. The number of amides is 1. The minimum absolute atomic E-state index is 0.108. The van der Waals surface area contributed by atoms with Gasteiger partial charge in [0.15, 0.2) is 5.69 Å². The van der Waals surface area contributed by atoms with Crippen LogP contribution in [0.5, 0.6) is 0 Å². The minimum atomic E-state index is -2.51. The maximum Gasteiger partial charge on any atom is 0.288 e. The number of carbonyl (C=O) groups excluding carboxylic acids is 1. The summed E-state index contributed by atoms with van der Waals surface area (Å²) in [6.45, 7) is 0.227. The highest BCUT2D eigenvalue weighted by molar-refractivity contribution is 7.99. The summed E-state index contributed by atoms with van der Waals surface area (Å²) >= 11 is 0.432. The van der Waals surface area contributed by atoms with Crippen molar-refractivity contribution in [2.75, 3.05) is 5.32 Å². The zero-order chi connectivity index (χ0) is 21.8. The first-order chi connectivity index (χ1) is 15.0. The SMILES string of the molecule is O=C(Nc1ccc(SC(F)F)cc1)c1nn(Cc2ccccc2)c(=O)c2ccccc12. The number of alkyl halides is 2. The maximum atomic E-state index is 13.0. The Morgan fingerprint density at radius 2 is 1.58 bits per heavy atom. The van der Waals surface area contributed by atoms with Crippen LogP contribution in [-0.4, -0.2) is 21.4 Å². The highest BCUT2D eigenvalue weighted by Gasteiger charge is 2.17. The lowest BCUT2D eigenvalue weighted by atomic mass is 10.1. The number of aromatic nitrogens is 2. The van der Waals surface area contributed by atoms with E-state index >= 15 is 0 Å². The molecule has 5 nitrogen and oxygen atoms in total. The van der Waals surface area contributed by atoms with Crippen LogP contribution in [0.4, 0.5) is 14.5 Å². The van der Waals surface area contributed by atoms with Gasteiger partial charge in [-0.25, -0.2) is 4.68 Å². The van der Waals surface area contributed by atoms with Gasteiger partial charge in [0.05, 0.1) is 11.9 Å². The van der Waals surface area contributed by atoms with Crippen LogP contribution in [0.2, 0.25) is 0 Å². The number of thioether (sulfide) groups is 1. The maximum absolute atomic E-state index is 13.0. The van der Waals surface area contributed by atoms with E-state index in [4.69, 9.17) is 0 Å². The molecule has 1 amide bonds. The van der Waals surface area contributed by atoms with Gasteiger partial charge in [-0.1, -0.05) is 60.3 Å². The molecule has 31 heavy (non-hydrogen) atoms. The van der Waals surface area contributed by atoms with Gasteiger partial charge >= 0.3 is 0 Å². The van der Waals surface area contributed by atoms with E-state index in [1.165, 1.54) is 16.8 Å². The lowest BCUT2D eigenvalue weighted by Gasteiger charge is -2.12. The van der Waals surface area contributed by atoms with Gasteiger partial charge in [0.2, 0.25) is 0 Å². The zero-order valence-electron chi connectivity index (χ0n) is 16.2. The number of rotatable bonds is 6. The first-order valence-corrected chi connectivity index (χ1v) is 10.3. The third-order valence-corrected chi connectivity index (χ3v) is 5.32. The lowest BCUT2D eigenvalue weighted by Crippen LogP contribution is -2.28. The van der Waals surface area contributed by atoms with Gasteiger partial charge in [0.25, 0.3) is 17.2 Å². The molecule has 0 aliphatic rings. The normalized spacial score (nSPS) is 11.1. The van der Waals surface area contributed by atoms with Crippen molar-refractivity contribution in [2.45, 2.75) is 17.2 Å². The smallest absolute Gasteiger partial charge is 0.288 e. The molecule has 0 bridgehead atoms. The molecule has 0 aliphatic carbocycles. The van der Waals surface area contributed by atoms with E-state index < -0.39 is 11.7 Å².